The monoisotopic (exact) mass is 302 g/mol. The van der Waals surface area contributed by atoms with Gasteiger partial charge in [0.2, 0.25) is 0 Å². The highest BCUT2D eigenvalue weighted by molar-refractivity contribution is 5.56. The molecule has 3 atom stereocenters. The zero-order valence-electron chi connectivity index (χ0n) is 13.4. The number of hydrogen-bond acceptors (Lipinski definition) is 4. The third kappa shape index (κ3) is 1.99. The van der Waals surface area contributed by atoms with Crippen molar-refractivity contribution in [2.24, 2.45) is 20.0 Å². The molecule has 6 heteroatoms. The lowest BCUT2D eigenvalue weighted by atomic mass is 9.85. The number of aromatic nitrogens is 2. The van der Waals surface area contributed by atoms with Gasteiger partial charge in [-0.1, -0.05) is 12.8 Å². The van der Waals surface area contributed by atoms with Gasteiger partial charge in [0.25, 0.3) is 5.56 Å². The summed E-state index contributed by atoms with van der Waals surface area (Å²) in [5, 5.41) is 9.48. The molecule has 2 aliphatic rings. The highest BCUT2D eigenvalue weighted by Crippen LogP contribution is 2.42. The van der Waals surface area contributed by atoms with Crippen LogP contribution in [0.4, 0.5) is 5.82 Å². The van der Waals surface area contributed by atoms with Gasteiger partial charge in [0.15, 0.2) is 5.56 Å². The Bertz CT molecular complexity index is 755. The number of fused-ring (bicyclic) bond motifs is 1. The Morgan fingerprint density at radius 2 is 1.82 bits per heavy atom. The van der Waals surface area contributed by atoms with E-state index in [9.17, 15) is 14.9 Å². The fraction of sp³-hybridized carbons (Fsp3) is 0.688. The molecule has 1 aromatic heterocycles. The lowest BCUT2D eigenvalue weighted by molar-refractivity contribution is 0.340. The van der Waals surface area contributed by atoms with Crippen LogP contribution in [0.25, 0.3) is 0 Å². The van der Waals surface area contributed by atoms with Crippen molar-refractivity contribution >= 4 is 5.82 Å². The summed E-state index contributed by atoms with van der Waals surface area (Å²) in [6, 6.07) is 2.62. The molecule has 1 saturated heterocycles. The summed E-state index contributed by atoms with van der Waals surface area (Å²) >= 11 is 0. The highest BCUT2D eigenvalue weighted by Gasteiger charge is 2.42. The average molecular weight is 302 g/mol. The lowest BCUT2D eigenvalue weighted by Gasteiger charge is -2.36. The Kier molecular flexibility index (Phi) is 3.59. The van der Waals surface area contributed by atoms with E-state index >= 15 is 0 Å². The van der Waals surface area contributed by atoms with E-state index in [0.29, 0.717) is 17.8 Å². The first-order valence-corrected chi connectivity index (χ1v) is 7.95. The van der Waals surface area contributed by atoms with Gasteiger partial charge in [-0.25, -0.2) is 4.79 Å². The van der Waals surface area contributed by atoms with E-state index in [4.69, 9.17) is 0 Å². The van der Waals surface area contributed by atoms with E-state index in [2.05, 4.69) is 11.8 Å². The van der Waals surface area contributed by atoms with Crippen LogP contribution >= 0.6 is 0 Å². The molecule has 1 saturated carbocycles. The SMILES string of the molecule is CC1CC2CCCCC2N1c1c(C#N)c(=O)n(C)c(=O)n1C. The Morgan fingerprint density at radius 1 is 1.14 bits per heavy atom. The second-order valence-electron chi connectivity index (χ2n) is 6.62. The number of nitriles is 1. The molecule has 22 heavy (non-hydrogen) atoms. The minimum atomic E-state index is -0.493. The largest absolute Gasteiger partial charge is 0.351 e. The van der Waals surface area contributed by atoms with Gasteiger partial charge < -0.3 is 4.90 Å². The fourth-order valence-electron chi connectivity index (χ4n) is 4.31. The molecule has 118 valence electrons. The quantitative estimate of drug-likeness (QED) is 0.779. The van der Waals surface area contributed by atoms with Crippen LogP contribution in [0.5, 0.6) is 0 Å². The Labute approximate surface area is 129 Å². The summed E-state index contributed by atoms with van der Waals surface area (Å²) in [6.07, 6.45) is 5.77. The molecular weight excluding hydrogens is 280 g/mol. The minimum absolute atomic E-state index is 0.0858. The summed E-state index contributed by atoms with van der Waals surface area (Å²) in [5.41, 5.74) is -0.778. The molecule has 0 amide bonds. The van der Waals surface area contributed by atoms with E-state index in [0.717, 1.165) is 17.4 Å². The molecule has 3 rings (SSSR count). The Balaban J connectivity index is 2.22. The number of hydrogen-bond donors (Lipinski definition) is 0. The molecule has 0 radical (unpaired) electrons. The zero-order chi connectivity index (χ0) is 16.0. The van der Waals surface area contributed by atoms with Gasteiger partial charge in [0, 0.05) is 26.2 Å². The number of nitrogens with zero attached hydrogens (tertiary/aromatic N) is 4. The van der Waals surface area contributed by atoms with Gasteiger partial charge in [-0.2, -0.15) is 5.26 Å². The van der Waals surface area contributed by atoms with Gasteiger partial charge >= 0.3 is 5.69 Å². The highest BCUT2D eigenvalue weighted by atomic mass is 16.2. The van der Waals surface area contributed by atoms with Gasteiger partial charge in [-0.05, 0) is 32.1 Å². The van der Waals surface area contributed by atoms with Crippen LogP contribution in [-0.2, 0) is 14.1 Å². The van der Waals surface area contributed by atoms with Crippen molar-refractivity contribution in [3.05, 3.63) is 26.4 Å². The summed E-state index contributed by atoms with van der Waals surface area (Å²) in [7, 11) is 3.08. The summed E-state index contributed by atoms with van der Waals surface area (Å²) < 4.78 is 2.48. The molecule has 3 unspecified atom stereocenters. The van der Waals surface area contributed by atoms with Crippen LogP contribution in [0, 0.1) is 17.2 Å². The molecule has 2 heterocycles. The van der Waals surface area contributed by atoms with Crippen molar-refractivity contribution < 1.29 is 0 Å². The zero-order valence-corrected chi connectivity index (χ0v) is 13.4. The maximum Gasteiger partial charge on any atom is 0.332 e. The first-order chi connectivity index (χ1) is 10.5. The molecule has 0 aromatic carbocycles. The van der Waals surface area contributed by atoms with Crippen molar-refractivity contribution in [3.63, 3.8) is 0 Å². The molecule has 0 bridgehead atoms. The van der Waals surface area contributed by atoms with Crippen molar-refractivity contribution in [2.45, 2.75) is 51.1 Å². The number of anilines is 1. The maximum atomic E-state index is 12.3. The topological polar surface area (TPSA) is 71.0 Å². The maximum absolute atomic E-state index is 12.3. The summed E-state index contributed by atoms with van der Waals surface area (Å²) in [5.74, 6) is 1.12. The summed E-state index contributed by atoms with van der Waals surface area (Å²) in [4.78, 5) is 26.8. The van der Waals surface area contributed by atoms with Crippen LogP contribution in [0.3, 0.4) is 0 Å². The standard InChI is InChI=1S/C16H22N4O2/c1-10-8-11-6-4-5-7-13(11)20(10)14-12(9-17)15(21)19(3)16(22)18(14)2/h10-11,13H,4-8H2,1-3H3. The third-order valence-corrected chi connectivity index (χ3v) is 5.34. The Hall–Kier alpha value is -2.03. The van der Waals surface area contributed by atoms with E-state index in [1.165, 1.54) is 30.9 Å². The normalized spacial score (nSPS) is 27.5. The molecule has 1 aromatic rings. The van der Waals surface area contributed by atoms with Crippen molar-refractivity contribution in [1.82, 2.24) is 9.13 Å². The second-order valence-corrected chi connectivity index (χ2v) is 6.62. The lowest BCUT2D eigenvalue weighted by Crippen LogP contribution is -2.46. The number of rotatable bonds is 1. The fourth-order valence-corrected chi connectivity index (χ4v) is 4.31. The minimum Gasteiger partial charge on any atom is -0.351 e. The van der Waals surface area contributed by atoms with Gasteiger partial charge in [0.1, 0.15) is 11.9 Å². The van der Waals surface area contributed by atoms with E-state index in [-0.39, 0.29) is 17.3 Å². The first kappa shape index (κ1) is 14.9. The molecule has 1 aliphatic carbocycles. The van der Waals surface area contributed by atoms with Crippen molar-refractivity contribution in [3.8, 4) is 6.07 Å². The van der Waals surface area contributed by atoms with Crippen LogP contribution in [-0.4, -0.2) is 21.2 Å². The van der Waals surface area contributed by atoms with Crippen molar-refractivity contribution in [2.75, 3.05) is 4.90 Å². The summed E-state index contributed by atoms with van der Waals surface area (Å²) in [6.45, 7) is 2.13. The Morgan fingerprint density at radius 3 is 2.50 bits per heavy atom. The van der Waals surface area contributed by atoms with Gasteiger partial charge in [-0.3, -0.25) is 13.9 Å². The average Bonchev–Trinajstić information content (AvgIpc) is 2.84. The molecular formula is C16H22N4O2. The van der Waals surface area contributed by atoms with E-state index < -0.39 is 5.56 Å². The predicted molar refractivity (Wildman–Crippen MR) is 83.9 cm³/mol. The van der Waals surface area contributed by atoms with Crippen molar-refractivity contribution in [1.29, 1.82) is 5.26 Å². The first-order valence-electron chi connectivity index (χ1n) is 7.95. The predicted octanol–water partition coefficient (Wildman–Crippen LogP) is 1.11. The van der Waals surface area contributed by atoms with E-state index in [1.54, 1.807) is 7.05 Å². The third-order valence-electron chi connectivity index (χ3n) is 5.34. The smallest absolute Gasteiger partial charge is 0.332 e. The molecule has 0 N–H and O–H groups in total. The van der Waals surface area contributed by atoms with Crippen LogP contribution in [0.2, 0.25) is 0 Å². The van der Waals surface area contributed by atoms with Crippen LogP contribution in [0.1, 0.15) is 44.6 Å². The molecule has 2 fully saturated rings. The molecule has 0 spiro atoms. The van der Waals surface area contributed by atoms with Gasteiger partial charge in [-0.15, -0.1) is 0 Å². The molecule has 1 aliphatic heterocycles. The van der Waals surface area contributed by atoms with Crippen LogP contribution in [0.15, 0.2) is 9.59 Å². The van der Waals surface area contributed by atoms with Crippen LogP contribution < -0.4 is 16.1 Å². The second kappa shape index (κ2) is 5.31. The molecule has 6 nitrogen and oxygen atoms in total. The van der Waals surface area contributed by atoms with E-state index in [1.807, 2.05) is 6.07 Å². The van der Waals surface area contributed by atoms with Gasteiger partial charge in [0.05, 0.1) is 0 Å².